The van der Waals surface area contributed by atoms with E-state index in [1.807, 2.05) is 0 Å². The molecule has 3 atom stereocenters. The molecule has 1 saturated heterocycles. The van der Waals surface area contributed by atoms with E-state index in [0.717, 1.165) is 18.9 Å². The molecule has 1 aromatic carbocycles. The fourth-order valence-corrected chi connectivity index (χ4v) is 3.31. The Morgan fingerprint density at radius 2 is 2.00 bits per heavy atom. The van der Waals surface area contributed by atoms with Crippen molar-refractivity contribution < 1.29 is 13.6 Å². The van der Waals surface area contributed by atoms with E-state index in [4.69, 9.17) is 5.73 Å². The van der Waals surface area contributed by atoms with Crippen molar-refractivity contribution in [1.82, 2.24) is 4.90 Å². The molecule has 0 spiro atoms. The lowest BCUT2D eigenvalue weighted by Gasteiger charge is -2.19. The first-order valence-corrected chi connectivity index (χ1v) is 6.57. The molecule has 3 nitrogen and oxygen atoms in total. The maximum absolute atomic E-state index is 13.6. The lowest BCUT2D eigenvalue weighted by Crippen LogP contribution is -2.34. The number of benzene rings is 1. The zero-order chi connectivity index (χ0) is 13.6. The van der Waals surface area contributed by atoms with Gasteiger partial charge in [0.1, 0.15) is 0 Å². The molecule has 110 valence electrons. The van der Waals surface area contributed by atoms with Crippen LogP contribution in [0, 0.1) is 23.5 Å². The number of fused-ring (bicyclic) bond motifs is 1. The van der Waals surface area contributed by atoms with Gasteiger partial charge in [-0.25, -0.2) is 8.78 Å². The van der Waals surface area contributed by atoms with Gasteiger partial charge >= 0.3 is 0 Å². The van der Waals surface area contributed by atoms with E-state index >= 15 is 0 Å². The quantitative estimate of drug-likeness (QED) is 0.864. The minimum absolute atomic E-state index is 0. The second-order valence-electron chi connectivity index (χ2n) is 5.48. The molecule has 20 heavy (non-hydrogen) atoms. The molecule has 1 aliphatic heterocycles. The largest absolute Gasteiger partial charge is 0.338 e. The van der Waals surface area contributed by atoms with Crippen LogP contribution in [-0.4, -0.2) is 29.9 Å². The minimum Gasteiger partial charge on any atom is -0.338 e. The number of halogens is 3. The van der Waals surface area contributed by atoms with Crippen molar-refractivity contribution in [2.75, 3.05) is 13.1 Å². The third-order valence-corrected chi connectivity index (χ3v) is 4.38. The number of nitrogens with two attached hydrogens (primary N) is 1. The number of amides is 1. The molecule has 1 aliphatic carbocycles. The minimum atomic E-state index is -1.06. The number of carbonyl (C=O) groups is 1. The number of hydrogen-bond acceptors (Lipinski definition) is 2. The van der Waals surface area contributed by atoms with Crippen molar-refractivity contribution in [3.05, 3.63) is 35.4 Å². The van der Waals surface area contributed by atoms with E-state index in [2.05, 4.69) is 0 Å². The summed E-state index contributed by atoms with van der Waals surface area (Å²) in [5.74, 6) is -1.76. The molecule has 1 amide bonds. The highest BCUT2D eigenvalue weighted by atomic mass is 35.5. The predicted molar refractivity (Wildman–Crippen MR) is 73.7 cm³/mol. The van der Waals surface area contributed by atoms with E-state index in [-0.39, 0.29) is 24.0 Å². The van der Waals surface area contributed by atoms with Crippen LogP contribution in [0.3, 0.4) is 0 Å². The molecule has 2 aliphatic rings. The molecule has 2 fully saturated rings. The van der Waals surface area contributed by atoms with Gasteiger partial charge in [-0.2, -0.15) is 0 Å². The molecule has 1 heterocycles. The van der Waals surface area contributed by atoms with Crippen LogP contribution < -0.4 is 5.73 Å². The second-order valence-corrected chi connectivity index (χ2v) is 5.48. The van der Waals surface area contributed by atoms with Gasteiger partial charge in [-0.1, -0.05) is 6.07 Å². The molecule has 3 rings (SSSR count). The Morgan fingerprint density at radius 3 is 2.70 bits per heavy atom. The Balaban J connectivity index is 0.00000147. The summed E-state index contributed by atoms with van der Waals surface area (Å²) < 4.78 is 26.8. The normalized spacial score (nSPS) is 28.1. The standard InChI is InChI=1S/C14H16F2N2O.ClH/c15-11-3-1-2-9(13(11)16)14(19)18-6-8-4-5-12(17)10(8)7-18;/h1-3,8,10,12H,4-7,17H2;1H. The highest BCUT2D eigenvalue weighted by Crippen LogP contribution is 2.37. The first kappa shape index (κ1) is 15.2. The molecular formula is C14H17ClF2N2O. The maximum atomic E-state index is 13.6. The third-order valence-electron chi connectivity index (χ3n) is 4.38. The Hall–Kier alpha value is -1.20. The molecule has 3 unspecified atom stereocenters. The van der Waals surface area contributed by atoms with E-state index in [0.29, 0.717) is 24.9 Å². The molecule has 1 aromatic rings. The first-order valence-electron chi connectivity index (χ1n) is 6.57. The molecule has 1 saturated carbocycles. The zero-order valence-electron chi connectivity index (χ0n) is 10.9. The van der Waals surface area contributed by atoms with Gasteiger partial charge in [0.2, 0.25) is 0 Å². The molecular weight excluding hydrogens is 286 g/mol. The summed E-state index contributed by atoms with van der Waals surface area (Å²) in [5.41, 5.74) is 5.82. The molecule has 2 N–H and O–H groups in total. The summed E-state index contributed by atoms with van der Waals surface area (Å²) in [6.07, 6.45) is 2.01. The van der Waals surface area contributed by atoms with Crippen molar-refractivity contribution in [3.8, 4) is 0 Å². The second kappa shape index (κ2) is 5.66. The van der Waals surface area contributed by atoms with Crippen molar-refractivity contribution >= 4 is 18.3 Å². The number of hydrogen-bond donors (Lipinski definition) is 1. The van der Waals surface area contributed by atoms with Gasteiger partial charge in [-0.15, -0.1) is 12.4 Å². The van der Waals surface area contributed by atoms with Crippen LogP contribution in [0.25, 0.3) is 0 Å². The molecule has 0 aromatic heterocycles. The van der Waals surface area contributed by atoms with Gasteiger partial charge in [0.05, 0.1) is 5.56 Å². The molecule has 0 bridgehead atoms. The lowest BCUT2D eigenvalue weighted by molar-refractivity contribution is 0.0774. The third kappa shape index (κ3) is 2.40. The maximum Gasteiger partial charge on any atom is 0.256 e. The SMILES string of the molecule is Cl.NC1CCC2CN(C(=O)c3cccc(F)c3F)CC12. The number of likely N-dealkylation sites (tertiary alicyclic amines) is 1. The van der Waals surface area contributed by atoms with Crippen LogP contribution in [0.15, 0.2) is 18.2 Å². The van der Waals surface area contributed by atoms with Crippen LogP contribution >= 0.6 is 12.4 Å². The Kier molecular flexibility index (Phi) is 4.30. The van der Waals surface area contributed by atoms with Gasteiger partial charge in [0.15, 0.2) is 11.6 Å². The predicted octanol–water partition coefficient (Wildman–Crippen LogP) is 2.20. The lowest BCUT2D eigenvalue weighted by atomic mass is 9.98. The summed E-state index contributed by atoms with van der Waals surface area (Å²) in [7, 11) is 0. The highest BCUT2D eigenvalue weighted by molar-refractivity contribution is 5.94. The van der Waals surface area contributed by atoms with Crippen molar-refractivity contribution in [1.29, 1.82) is 0 Å². The first-order chi connectivity index (χ1) is 9.08. The molecule has 6 heteroatoms. The monoisotopic (exact) mass is 302 g/mol. The fourth-order valence-electron chi connectivity index (χ4n) is 3.31. The van der Waals surface area contributed by atoms with Crippen LogP contribution in [-0.2, 0) is 0 Å². The average molecular weight is 303 g/mol. The summed E-state index contributed by atoms with van der Waals surface area (Å²) in [5, 5.41) is 0. The van der Waals surface area contributed by atoms with E-state index in [1.165, 1.54) is 12.1 Å². The van der Waals surface area contributed by atoms with Crippen molar-refractivity contribution in [2.24, 2.45) is 17.6 Å². The van der Waals surface area contributed by atoms with Gasteiger partial charge in [-0.05, 0) is 36.8 Å². The Morgan fingerprint density at radius 1 is 1.25 bits per heavy atom. The Labute approximate surface area is 122 Å². The van der Waals surface area contributed by atoms with E-state index in [1.54, 1.807) is 4.90 Å². The van der Waals surface area contributed by atoms with Crippen LogP contribution in [0.5, 0.6) is 0 Å². The van der Waals surface area contributed by atoms with Gasteiger partial charge in [0, 0.05) is 19.1 Å². The number of nitrogens with zero attached hydrogens (tertiary/aromatic N) is 1. The number of carbonyl (C=O) groups excluding carboxylic acids is 1. The van der Waals surface area contributed by atoms with Crippen molar-refractivity contribution in [2.45, 2.75) is 18.9 Å². The summed E-state index contributed by atoms with van der Waals surface area (Å²) in [6, 6.07) is 3.82. The van der Waals surface area contributed by atoms with Crippen molar-refractivity contribution in [3.63, 3.8) is 0 Å². The smallest absolute Gasteiger partial charge is 0.256 e. The topological polar surface area (TPSA) is 46.3 Å². The highest BCUT2D eigenvalue weighted by Gasteiger charge is 2.42. The van der Waals surface area contributed by atoms with Crippen LogP contribution in [0.1, 0.15) is 23.2 Å². The van der Waals surface area contributed by atoms with Gasteiger partial charge < -0.3 is 10.6 Å². The summed E-state index contributed by atoms with van der Waals surface area (Å²) in [6.45, 7) is 1.16. The zero-order valence-corrected chi connectivity index (χ0v) is 11.7. The fraction of sp³-hybridized carbons (Fsp3) is 0.500. The van der Waals surface area contributed by atoms with E-state index in [9.17, 15) is 13.6 Å². The van der Waals surface area contributed by atoms with Crippen LogP contribution in [0.4, 0.5) is 8.78 Å². The van der Waals surface area contributed by atoms with Gasteiger partial charge in [0.25, 0.3) is 5.91 Å². The van der Waals surface area contributed by atoms with E-state index < -0.39 is 17.5 Å². The summed E-state index contributed by atoms with van der Waals surface area (Å²) in [4.78, 5) is 13.8. The summed E-state index contributed by atoms with van der Waals surface area (Å²) >= 11 is 0. The van der Waals surface area contributed by atoms with Crippen LogP contribution in [0.2, 0.25) is 0 Å². The number of rotatable bonds is 1. The molecule has 0 radical (unpaired) electrons. The average Bonchev–Trinajstić information content (AvgIpc) is 2.95. The Bertz CT molecular complexity index is 526. The van der Waals surface area contributed by atoms with Gasteiger partial charge in [-0.3, -0.25) is 4.79 Å².